The van der Waals surface area contributed by atoms with Gasteiger partial charge in [-0.25, -0.2) is 0 Å². The number of fused-ring (bicyclic) bond motifs is 1. The van der Waals surface area contributed by atoms with Gasteiger partial charge in [0.1, 0.15) is 0 Å². The summed E-state index contributed by atoms with van der Waals surface area (Å²) < 4.78 is 0. The van der Waals surface area contributed by atoms with Crippen LogP contribution in [0.3, 0.4) is 0 Å². The van der Waals surface area contributed by atoms with Crippen LogP contribution >= 0.6 is 23.4 Å². The number of nitrogens with zero attached hydrogens (tertiary/aromatic N) is 1. The van der Waals surface area contributed by atoms with Crippen molar-refractivity contribution in [3.63, 3.8) is 0 Å². The van der Waals surface area contributed by atoms with Crippen LogP contribution in [-0.4, -0.2) is 24.1 Å². The lowest BCUT2D eigenvalue weighted by molar-refractivity contribution is -0.118. The first kappa shape index (κ1) is 10.8. The number of thioether (sulfide) groups is 1. The molecule has 0 atom stereocenters. The summed E-state index contributed by atoms with van der Waals surface area (Å²) in [6, 6.07) is 8.01. The highest BCUT2D eigenvalue weighted by atomic mass is 35.5. The topological polar surface area (TPSA) is 20.3 Å². The van der Waals surface area contributed by atoms with Gasteiger partial charge in [-0.05, 0) is 12.1 Å². The summed E-state index contributed by atoms with van der Waals surface area (Å²) in [4.78, 5) is 14.8. The normalized spacial score (nSPS) is 14.9. The number of benzene rings is 1. The zero-order valence-corrected chi connectivity index (χ0v) is 9.85. The van der Waals surface area contributed by atoms with Crippen molar-refractivity contribution in [2.45, 2.75) is 11.3 Å². The summed E-state index contributed by atoms with van der Waals surface area (Å²) in [6.07, 6.45) is 0.417. The number of para-hydroxylation sites is 1. The molecule has 1 amide bonds. The van der Waals surface area contributed by atoms with Crippen LogP contribution in [0.2, 0.25) is 0 Å². The van der Waals surface area contributed by atoms with E-state index in [9.17, 15) is 4.79 Å². The van der Waals surface area contributed by atoms with Crippen molar-refractivity contribution in [2.24, 2.45) is 0 Å². The second-order valence-electron chi connectivity index (χ2n) is 3.30. The van der Waals surface area contributed by atoms with Gasteiger partial charge >= 0.3 is 0 Å². The van der Waals surface area contributed by atoms with Gasteiger partial charge in [0, 0.05) is 29.5 Å². The largest absolute Gasteiger partial charge is 0.310 e. The van der Waals surface area contributed by atoms with Crippen LogP contribution in [0.15, 0.2) is 29.2 Å². The van der Waals surface area contributed by atoms with E-state index < -0.39 is 0 Å². The van der Waals surface area contributed by atoms with Crippen LogP contribution < -0.4 is 4.90 Å². The molecular formula is C11H12ClNOS. The molecule has 0 spiro atoms. The molecule has 0 aliphatic carbocycles. The summed E-state index contributed by atoms with van der Waals surface area (Å²) in [7, 11) is 0. The Kier molecular flexibility index (Phi) is 3.54. The lowest BCUT2D eigenvalue weighted by Crippen LogP contribution is -2.35. The monoisotopic (exact) mass is 241 g/mol. The van der Waals surface area contributed by atoms with Crippen LogP contribution in [0.25, 0.3) is 0 Å². The summed E-state index contributed by atoms with van der Waals surface area (Å²) in [5.41, 5.74) is 1.03. The highest BCUT2D eigenvalue weighted by Gasteiger charge is 2.21. The second-order valence-corrected chi connectivity index (χ2v) is 4.82. The first-order valence-corrected chi connectivity index (χ1v) is 6.43. The number of carbonyl (C=O) groups excluding carboxylic acids is 1. The predicted molar refractivity (Wildman–Crippen MR) is 64.9 cm³/mol. The second kappa shape index (κ2) is 4.90. The molecule has 0 N–H and O–H groups in total. The van der Waals surface area contributed by atoms with E-state index in [0.29, 0.717) is 12.3 Å². The Bertz CT molecular complexity index is 369. The van der Waals surface area contributed by atoms with Gasteiger partial charge in [0.15, 0.2) is 0 Å². The van der Waals surface area contributed by atoms with E-state index in [1.165, 1.54) is 4.90 Å². The zero-order chi connectivity index (χ0) is 10.7. The number of halogens is 1. The van der Waals surface area contributed by atoms with E-state index >= 15 is 0 Å². The summed E-state index contributed by atoms with van der Waals surface area (Å²) >= 11 is 7.39. The van der Waals surface area contributed by atoms with Crippen molar-refractivity contribution in [1.82, 2.24) is 0 Å². The third-order valence-electron chi connectivity index (χ3n) is 2.34. The van der Waals surface area contributed by atoms with Crippen LogP contribution in [0, 0.1) is 0 Å². The number of rotatable bonds is 2. The van der Waals surface area contributed by atoms with Gasteiger partial charge in [0.05, 0.1) is 5.69 Å². The van der Waals surface area contributed by atoms with Crippen molar-refractivity contribution >= 4 is 35.0 Å². The van der Waals surface area contributed by atoms with Gasteiger partial charge in [-0.15, -0.1) is 23.4 Å². The summed E-state index contributed by atoms with van der Waals surface area (Å²) in [6.45, 7) is 0.789. The Morgan fingerprint density at radius 1 is 1.47 bits per heavy atom. The molecule has 0 fully saturated rings. The fourth-order valence-electron chi connectivity index (χ4n) is 1.64. The molecule has 0 aromatic heterocycles. The van der Waals surface area contributed by atoms with Crippen LogP contribution in [0.4, 0.5) is 5.69 Å². The summed E-state index contributed by atoms with van der Waals surface area (Å²) in [5, 5.41) is 0. The van der Waals surface area contributed by atoms with Crippen LogP contribution in [0.1, 0.15) is 6.42 Å². The Labute approximate surface area is 98.6 Å². The minimum absolute atomic E-state index is 0.123. The van der Waals surface area contributed by atoms with Crippen molar-refractivity contribution in [3.05, 3.63) is 24.3 Å². The molecule has 0 bridgehead atoms. The molecule has 1 aliphatic heterocycles. The van der Waals surface area contributed by atoms with E-state index in [0.717, 1.165) is 18.0 Å². The molecular weight excluding hydrogens is 230 g/mol. The minimum atomic E-state index is 0.123. The van der Waals surface area contributed by atoms with E-state index in [1.807, 2.05) is 23.1 Å². The van der Waals surface area contributed by atoms with Crippen molar-refractivity contribution in [2.75, 3.05) is 23.1 Å². The third-order valence-corrected chi connectivity index (χ3v) is 3.57. The quantitative estimate of drug-likeness (QED) is 0.743. The predicted octanol–water partition coefficient (Wildman–Crippen LogP) is 2.75. The maximum Gasteiger partial charge on any atom is 0.228 e. The fraction of sp³-hybridized carbons (Fsp3) is 0.364. The molecule has 2 rings (SSSR count). The Morgan fingerprint density at radius 2 is 2.27 bits per heavy atom. The van der Waals surface area contributed by atoms with E-state index in [-0.39, 0.29) is 5.91 Å². The number of carbonyl (C=O) groups is 1. The average Bonchev–Trinajstić information content (AvgIpc) is 2.28. The van der Waals surface area contributed by atoms with Gasteiger partial charge < -0.3 is 4.90 Å². The number of alkyl halides is 1. The first-order valence-electron chi connectivity index (χ1n) is 4.91. The minimum Gasteiger partial charge on any atom is -0.310 e. The first-order chi connectivity index (χ1) is 7.33. The molecule has 0 unspecified atom stereocenters. The number of hydrogen-bond donors (Lipinski definition) is 0. The molecule has 1 aromatic carbocycles. The van der Waals surface area contributed by atoms with Gasteiger partial charge in [0.2, 0.25) is 5.91 Å². The van der Waals surface area contributed by atoms with Crippen molar-refractivity contribution in [1.29, 1.82) is 0 Å². The molecule has 0 saturated carbocycles. The van der Waals surface area contributed by atoms with Gasteiger partial charge in [-0.1, -0.05) is 12.1 Å². The Morgan fingerprint density at radius 3 is 3.07 bits per heavy atom. The van der Waals surface area contributed by atoms with Gasteiger partial charge in [-0.2, -0.15) is 0 Å². The zero-order valence-electron chi connectivity index (χ0n) is 8.28. The number of anilines is 1. The smallest absolute Gasteiger partial charge is 0.228 e. The fourth-order valence-corrected chi connectivity index (χ4v) is 2.80. The lowest BCUT2D eigenvalue weighted by atomic mass is 10.2. The SMILES string of the molecule is O=C(CCCl)N1CCSc2ccccc21. The Balaban J connectivity index is 2.25. The third kappa shape index (κ3) is 2.29. The Hall–Kier alpha value is -0.670. The van der Waals surface area contributed by atoms with E-state index in [2.05, 4.69) is 6.07 Å². The molecule has 0 saturated heterocycles. The van der Waals surface area contributed by atoms with Crippen LogP contribution in [0.5, 0.6) is 0 Å². The molecule has 1 aliphatic rings. The molecule has 4 heteroatoms. The molecule has 2 nitrogen and oxygen atoms in total. The standard InChI is InChI=1S/C11H12ClNOS/c12-6-5-11(14)13-7-8-15-10-4-2-1-3-9(10)13/h1-4H,5-8H2. The number of amides is 1. The summed E-state index contributed by atoms with van der Waals surface area (Å²) in [5.74, 6) is 1.48. The lowest BCUT2D eigenvalue weighted by Gasteiger charge is -2.28. The van der Waals surface area contributed by atoms with Crippen molar-refractivity contribution < 1.29 is 4.79 Å². The van der Waals surface area contributed by atoms with Gasteiger partial charge in [-0.3, -0.25) is 4.79 Å². The van der Waals surface area contributed by atoms with Crippen molar-refractivity contribution in [3.8, 4) is 0 Å². The van der Waals surface area contributed by atoms with E-state index in [1.54, 1.807) is 11.8 Å². The van der Waals surface area contributed by atoms with E-state index in [4.69, 9.17) is 11.6 Å². The average molecular weight is 242 g/mol. The molecule has 0 radical (unpaired) electrons. The maximum atomic E-state index is 11.8. The van der Waals surface area contributed by atoms with Gasteiger partial charge in [0.25, 0.3) is 0 Å². The molecule has 15 heavy (non-hydrogen) atoms. The highest BCUT2D eigenvalue weighted by molar-refractivity contribution is 7.99. The highest BCUT2D eigenvalue weighted by Crippen LogP contribution is 2.34. The molecule has 1 heterocycles. The number of hydrogen-bond acceptors (Lipinski definition) is 2. The molecule has 80 valence electrons. The maximum absolute atomic E-state index is 11.8. The molecule has 1 aromatic rings. The van der Waals surface area contributed by atoms with Crippen LogP contribution in [-0.2, 0) is 4.79 Å².